The van der Waals surface area contributed by atoms with Crippen molar-refractivity contribution in [2.75, 3.05) is 7.05 Å². The van der Waals surface area contributed by atoms with Gasteiger partial charge in [0.25, 0.3) is 0 Å². The van der Waals surface area contributed by atoms with Gasteiger partial charge in [0.1, 0.15) is 0 Å². The van der Waals surface area contributed by atoms with Gasteiger partial charge in [-0.25, -0.2) is 0 Å². The summed E-state index contributed by atoms with van der Waals surface area (Å²) in [5, 5.41) is 0. The van der Waals surface area contributed by atoms with Crippen LogP contribution in [0.4, 0.5) is 4.79 Å². The van der Waals surface area contributed by atoms with E-state index in [1.54, 1.807) is 0 Å². The SMILES string of the molecule is CCC[CH2][Sn]([CH2]CCC)([CH2]CCC)[C@@H](CC)N1C(=O)N(C)[C@@H](C)[C@H]1c1ccccc1. The zero-order chi connectivity index (χ0) is 22.1. The number of unbranched alkanes of at least 4 members (excludes halogenated alkanes) is 3. The summed E-state index contributed by atoms with van der Waals surface area (Å²) in [6, 6.07) is 11.5. The van der Waals surface area contributed by atoms with Crippen LogP contribution in [-0.2, 0) is 0 Å². The molecule has 2 rings (SSSR count). The van der Waals surface area contributed by atoms with Gasteiger partial charge >= 0.3 is 191 Å². The van der Waals surface area contributed by atoms with Crippen LogP contribution in [0.1, 0.15) is 91.2 Å². The van der Waals surface area contributed by atoms with E-state index in [9.17, 15) is 4.79 Å². The van der Waals surface area contributed by atoms with Gasteiger partial charge in [0.05, 0.1) is 0 Å². The number of urea groups is 1. The number of carbonyl (C=O) groups excluding carboxylic acids is 1. The van der Waals surface area contributed by atoms with Crippen LogP contribution >= 0.6 is 0 Å². The van der Waals surface area contributed by atoms with E-state index in [0.29, 0.717) is 4.06 Å². The van der Waals surface area contributed by atoms with Gasteiger partial charge in [-0.15, -0.1) is 0 Å². The molecule has 0 bridgehead atoms. The molecule has 3 atom stereocenters. The number of nitrogens with zero attached hydrogens (tertiary/aromatic N) is 2. The fraction of sp³-hybridized carbons (Fsp3) is 0.731. The average Bonchev–Trinajstić information content (AvgIpc) is 2.99. The summed E-state index contributed by atoms with van der Waals surface area (Å²) in [5.41, 5.74) is 1.31. The summed E-state index contributed by atoms with van der Waals surface area (Å²) in [7, 11) is 2.01. The van der Waals surface area contributed by atoms with Crippen LogP contribution in [0.2, 0.25) is 13.3 Å². The third kappa shape index (κ3) is 5.55. The molecule has 0 radical (unpaired) electrons. The molecule has 1 fully saturated rings. The summed E-state index contributed by atoms with van der Waals surface area (Å²) >= 11 is -2.61. The molecule has 1 saturated heterocycles. The van der Waals surface area contributed by atoms with Crippen molar-refractivity contribution in [3.63, 3.8) is 0 Å². The number of amides is 2. The molecule has 0 N–H and O–H groups in total. The van der Waals surface area contributed by atoms with E-state index in [2.05, 4.69) is 69.9 Å². The predicted octanol–water partition coefficient (Wildman–Crippen LogP) is 7.65. The summed E-state index contributed by atoms with van der Waals surface area (Å²) in [5.74, 6) is 0. The molecular formula is C26H46N2OSn. The van der Waals surface area contributed by atoms with Crippen LogP contribution in [0.15, 0.2) is 30.3 Å². The summed E-state index contributed by atoms with van der Waals surface area (Å²) in [4.78, 5) is 18.1. The third-order valence-electron chi connectivity index (χ3n) is 7.55. The normalized spacial score (nSPS) is 20.8. The van der Waals surface area contributed by atoms with Gasteiger partial charge in [0.15, 0.2) is 0 Å². The monoisotopic (exact) mass is 522 g/mol. The summed E-state index contributed by atoms with van der Waals surface area (Å²) in [6.07, 6.45) is 9.01. The maximum atomic E-state index is 13.7. The van der Waals surface area contributed by atoms with Crippen molar-refractivity contribution in [2.45, 2.75) is 109 Å². The quantitative estimate of drug-likeness (QED) is 0.245. The Morgan fingerprint density at radius 2 is 1.40 bits per heavy atom. The van der Waals surface area contributed by atoms with Crippen molar-refractivity contribution in [2.24, 2.45) is 0 Å². The van der Waals surface area contributed by atoms with Crippen molar-refractivity contribution in [3.8, 4) is 0 Å². The molecule has 3 nitrogen and oxygen atoms in total. The second-order valence-corrected chi connectivity index (χ2v) is 23.5. The first-order valence-electron chi connectivity index (χ1n) is 12.6. The maximum absolute atomic E-state index is 13.7. The van der Waals surface area contributed by atoms with E-state index in [0.717, 1.165) is 6.42 Å². The Labute approximate surface area is 190 Å². The van der Waals surface area contributed by atoms with Crippen LogP contribution in [-0.4, -0.2) is 51.4 Å². The molecule has 170 valence electrons. The fourth-order valence-corrected chi connectivity index (χ4v) is 24.7. The molecule has 0 unspecified atom stereocenters. The van der Waals surface area contributed by atoms with E-state index in [1.807, 2.05) is 11.9 Å². The first-order valence-corrected chi connectivity index (χ1v) is 20.3. The van der Waals surface area contributed by atoms with Gasteiger partial charge in [-0.2, -0.15) is 0 Å². The molecule has 2 amide bonds. The average molecular weight is 521 g/mol. The van der Waals surface area contributed by atoms with Crippen molar-refractivity contribution in [1.29, 1.82) is 0 Å². The van der Waals surface area contributed by atoms with Gasteiger partial charge < -0.3 is 0 Å². The topological polar surface area (TPSA) is 23.6 Å². The molecule has 0 saturated carbocycles. The molecule has 0 aliphatic carbocycles. The van der Waals surface area contributed by atoms with Gasteiger partial charge in [-0.3, -0.25) is 0 Å². The second kappa shape index (κ2) is 12.4. The predicted molar refractivity (Wildman–Crippen MR) is 133 cm³/mol. The van der Waals surface area contributed by atoms with Crippen LogP contribution in [0.25, 0.3) is 0 Å². The zero-order valence-electron chi connectivity index (χ0n) is 20.5. The van der Waals surface area contributed by atoms with Crippen molar-refractivity contribution < 1.29 is 4.79 Å². The summed E-state index contributed by atoms with van der Waals surface area (Å²) in [6.45, 7) is 11.6. The van der Waals surface area contributed by atoms with E-state index in [1.165, 1.54) is 57.4 Å². The van der Waals surface area contributed by atoms with Gasteiger partial charge in [-0.05, 0) is 0 Å². The number of hydrogen-bond acceptors (Lipinski definition) is 1. The minimum absolute atomic E-state index is 0.189. The van der Waals surface area contributed by atoms with Crippen molar-refractivity contribution in [1.82, 2.24) is 9.80 Å². The Bertz CT molecular complexity index is 613. The van der Waals surface area contributed by atoms with Crippen molar-refractivity contribution in [3.05, 3.63) is 35.9 Å². The first-order chi connectivity index (χ1) is 14.5. The minimum atomic E-state index is -2.61. The molecule has 1 aliphatic rings. The third-order valence-corrected chi connectivity index (χ3v) is 25.1. The van der Waals surface area contributed by atoms with Gasteiger partial charge in [-0.1, -0.05) is 0 Å². The number of benzene rings is 1. The number of hydrogen-bond donors (Lipinski definition) is 0. The molecule has 1 aromatic carbocycles. The van der Waals surface area contributed by atoms with Gasteiger partial charge in [0, 0.05) is 0 Å². The Kier molecular flexibility index (Phi) is 10.5. The Balaban J connectivity index is 2.53. The van der Waals surface area contributed by atoms with E-state index < -0.39 is 18.4 Å². The number of carbonyl (C=O) groups is 1. The molecule has 30 heavy (non-hydrogen) atoms. The summed E-state index contributed by atoms with van der Waals surface area (Å²) < 4.78 is 4.86. The molecule has 1 aromatic rings. The number of likely N-dealkylation sites (N-methyl/N-ethyl adjacent to an activating group) is 1. The van der Waals surface area contributed by atoms with Crippen LogP contribution in [0.5, 0.6) is 0 Å². The standard InChI is InChI=1S/C14H19N2O.3C4H9.Sn/c1-4-10-16-13(11(2)15(3)14(16)17)12-8-6-5-7-9-12;3*1-3-4-2;/h5-11,13H,4H2,1-3H3;3*1,3-4H2,2H3;/t11-,13-;;;;/m0..../s1. The van der Waals surface area contributed by atoms with Crippen LogP contribution in [0.3, 0.4) is 0 Å². The van der Waals surface area contributed by atoms with Gasteiger partial charge in [0.2, 0.25) is 0 Å². The Hall–Kier alpha value is -0.711. The first kappa shape index (κ1) is 25.5. The Morgan fingerprint density at radius 3 is 1.83 bits per heavy atom. The molecular weight excluding hydrogens is 475 g/mol. The van der Waals surface area contributed by atoms with E-state index in [4.69, 9.17) is 0 Å². The van der Waals surface area contributed by atoms with Crippen LogP contribution < -0.4 is 0 Å². The van der Waals surface area contributed by atoms with Crippen molar-refractivity contribution >= 4 is 24.4 Å². The zero-order valence-corrected chi connectivity index (χ0v) is 23.3. The molecule has 0 spiro atoms. The van der Waals surface area contributed by atoms with Crippen LogP contribution in [0, 0.1) is 0 Å². The molecule has 4 heteroatoms. The Morgan fingerprint density at radius 1 is 0.900 bits per heavy atom. The van der Waals surface area contributed by atoms with E-state index >= 15 is 0 Å². The second-order valence-electron chi connectivity index (χ2n) is 9.49. The molecule has 1 heterocycles. The van der Waals surface area contributed by atoms with E-state index in [-0.39, 0.29) is 18.1 Å². The molecule has 1 aliphatic heterocycles. The molecule has 0 aromatic heterocycles. The fourth-order valence-electron chi connectivity index (χ4n) is 5.72. The number of rotatable bonds is 13.